The molecule has 0 bridgehead atoms. The van der Waals surface area contributed by atoms with Crippen LogP contribution >= 0.6 is 0 Å². The molecule has 25 heavy (non-hydrogen) atoms. The van der Waals surface area contributed by atoms with E-state index >= 15 is 0 Å². The molecule has 0 spiro atoms. The van der Waals surface area contributed by atoms with E-state index in [1.54, 1.807) is 23.5 Å². The Morgan fingerprint density at radius 2 is 1.80 bits per heavy atom. The van der Waals surface area contributed by atoms with Crippen molar-refractivity contribution in [1.29, 1.82) is 0 Å². The van der Waals surface area contributed by atoms with E-state index < -0.39 is 10.0 Å². The third kappa shape index (κ3) is 5.71. The number of aliphatic imine (C=N–C) groups is 1. The van der Waals surface area contributed by atoms with Crippen molar-refractivity contribution < 1.29 is 8.42 Å². The van der Waals surface area contributed by atoms with Gasteiger partial charge < -0.3 is 10.6 Å². The maximum Gasteiger partial charge on any atom is 0.243 e. The van der Waals surface area contributed by atoms with Crippen LogP contribution in [0.2, 0.25) is 0 Å². The van der Waals surface area contributed by atoms with Crippen molar-refractivity contribution in [2.45, 2.75) is 44.6 Å². The van der Waals surface area contributed by atoms with Crippen molar-refractivity contribution in [1.82, 2.24) is 14.9 Å². The highest BCUT2D eigenvalue weighted by Gasteiger charge is 2.26. The first-order chi connectivity index (χ1) is 11.9. The minimum Gasteiger partial charge on any atom is -0.356 e. The second-order valence-corrected chi connectivity index (χ2v) is 8.73. The number of sulfonamides is 1. The van der Waals surface area contributed by atoms with Crippen molar-refractivity contribution in [3.05, 3.63) is 29.8 Å². The highest BCUT2D eigenvalue weighted by Crippen LogP contribution is 2.21. The van der Waals surface area contributed by atoms with Gasteiger partial charge in [-0.05, 0) is 42.9 Å². The third-order valence-electron chi connectivity index (χ3n) is 4.32. The van der Waals surface area contributed by atoms with Gasteiger partial charge in [0.25, 0.3) is 0 Å². The number of rotatable bonds is 7. The first-order valence-corrected chi connectivity index (χ1v) is 10.4. The van der Waals surface area contributed by atoms with Crippen LogP contribution in [-0.4, -0.2) is 45.4 Å². The summed E-state index contributed by atoms with van der Waals surface area (Å²) in [6, 6.07) is 7.11. The summed E-state index contributed by atoms with van der Waals surface area (Å²) in [6.45, 7) is 7.12. The number of nitrogens with zero attached hydrogens (tertiary/aromatic N) is 2. The topological polar surface area (TPSA) is 73.8 Å². The van der Waals surface area contributed by atoms with Gasteiger partial charge in [-0.25, -0.2) is 8.42 Å². The zero-order valence-electron chi connectivity index (χ0n) is 15.5. The lowest BCUT2D eigenvalue weighted by molar-refractivity contribution is 0.477. The Morgan fingerprint density at radius 1 is 1.16 bits per heavy atom. The van der Waals surface area contributed by atoms with E-state index in [0.717, 1.165) is 37.3 Å². The monoisotopic (exact) mass is 366 g/mol. The van der Waals surface area contributed by atoms with Crippen LogP contribution in [0.15, 0.2) is 34.2 Å². The van der Waals surface area contributed by atoms with Crippen LogP contribution in [0, 0.1) is 5.92 Å². The van der Waals surface area contributed by atoms with Gasteiger partial charge in [-0.3, -0.25) is 4.99 Å². The third-order valence-corrected chi connectivity index (χ3v) is 6.24. The Bertz CT molecular complexity index is 663. The standard InChI is InChI=1S/C18H30N4O2S/c1-15(2)10-11-20-18(19-3)21-14-16-6-8-17(9-7-16)25(23,24)22-12-4-5-13-22/h6-9,15H,4-5,10-14H2,1-3H3,(H2,19,20,21). The molecule has 1 aliphatic heterocycles. The summed E-state index contributed by atoms with van der Waals surface area (Å²) >= 11 is 0. The van der Waals surface area contributed by atoms with Gasteiger partial charge >= 0.3 is 0 Å². The van der Waals surface area contributed by atoms with Gasteiger partial charge in [-0.1, -0.05) is 26.0 Å². The molecule has 0 unspecified atom stereocenters. The summed E-state index contributed by atoms with van der Waals surface area (Å²) in [7, 11) is -1.59. The van der Waals surface area contributed by atoms with Crippen molar-refractivity contribution in [2.75, 3.05) is 26.7 Å². The molecule has 2 rings (SSSR count). The summed E-state index contributed by atoms with van der Waals surface area (Å²) in [5.41, 5.74) is 1.02. The fourth-order valence-electron chi connectivity index (χ4n) is 2.74. The largest absolute Gasteiger partial charge is 0.356 e. The summed E-state index contributed by atoms with van der Waals surface area (Å²) in [5.74, 6) is 1.41. The van der Waals surface area contributed by atoms with Gasteiger partial charge in [0.15, 0.2) is 5.96 Å². The Kier molecular flexibility index (Phi) is 7.25. The normalized spacial score (nSPS) is 16.4. The van der Waals surface area contributed by atoms with Crippen molar-refractivity contribution >= 4 is 16.0 Å². The lowest BCUT2D eigenvalue weighted by Gasteiger charge is -2.16. The fourth-order valence-corrected chi connectivity index (χ4v) is 4.26. The van der Waals surface area contributed by atoms with Crippen LogP contribution < -0.4 is 10.6 Å². The molecule has 0 amide bonds. The van der Waals surface area contributed by atoms with E-state index in [2.05, 4.69) is 29.5 Å². The molecule has 0 atom stereocenters. The van der Waals surface area contributed by atoms with E-state index in [1.807, 2.05) is 12.1 Å². The van der Waals surface area contributed by atoms with Crippen LogP contribution in [0.3, 0.4) is 0 Å². The molecule has 1 heterocycles. The molecule has 1 saturated heterocycles. The van der Waals surface area contributed by atoms with E-state index in [-0.39, 0.29) is 0 Å². The first-order valence-electron chi connectivity index (χ1n) is 8.97. The molecule has 6 nitrogen and oxygen atoms in total. The number of nitrogens with one attached hydrogen (secondary N) is 2. The molecule has 1 fully saturated rings. The molecule has 1 aromatic carbocycles. The lowest BCUT2D eigenvalue weighted by atomic mass is 10.1. The highest BCUT2D eigenvalue weighted by molar-refractivity contribution is 7.89. The number of benzene rings is 1. The van der Waals surface area contributed by atoms with Crippen LogP contribution in [0.1, 0.15) is 38.7 Å². The summed E-state index contributed by atoms with van der Waals surface area (Å²) in [6.07, 6.45) is 2.98. The first kappa shape index (κ1) is 19.7. The van der Waals surface area contributed by atoms with Crippen LogP contribution in [0.4, 0.5) is 0 Å². The molecular weight excluding hydrogens is 336 g/mol. The lowest BCUT2D eigenvalue weighted by Crippen LogP contribution is -2.37. The molecule has 0 aliphatic carbocycles. The van der Waals surface area contributed by atoms with Gasteiger partial charge in [0.2, 0.25) is 10.0 Å². The van der Waals surface area contributed by atoms with E-state index in [4.69, 9.17) is 0 Å². The van der Waals surface area contributed by atoms with Gasteiger partial charge in [0.1, 0.15) is 0 Å². The second-order valence-electron chi connectivity index (χ2n) is 6.79. The van der Waals surface area contributed by atoms with Gasteiger partial charge in [-0.15, -0.1) is 0 Å². The van der Waals surface area contributed by atoms with Crippen LogP contribution in [0.5, 0.6) is 0 Å². The molecule has 2 N–H and O–H groups in total. The van der Waals surface area contributed by atoms with Gasteiger partial charge in [0.05, 0.1) is 4.90 Å². The zero-order chi connectivity index (χ0) is 18.3. The van der Waals surface area contributed by atoms with E-state index in [9.17, 15) is 8.42 Å². The molecule has 1 aromatic rings. The molecule has 1 aliphatic rings. The SMILES string of the molecule is CN=C(NCCC(C)C)NCc1ccc(S(=O)(=O)N2CCCC2)cc1. The van der Waals surface area contributed by atoms with E-state index in [0.29, 0.717) is 30.4 Å². The molecule has 0 aromatic heterocycles. The molecule has 0 saturated carbocycles. The Balaban J connectivity index is 1.89. The summed E-state index contributed by atoms with van der Waals surface area (Å²) in [4.78, 5) is 4.57. The minimum absolute atomic E-state index is 0.373. The maximum absolute atomic E-state index is 12.5. The van der Waals surface area contributed by atoms with Crippen LogP contribution in [0.25, 0.3) is 0 Å². The average Bonchev–Trinajstić information content (AvgIpc) is 3.13. The Morgan fingerprint density at radius 3 is 2.36 bits per heavy atom. The smallest absolute Gasteiger partial charge is 0.243 e. The number of guanidine groups is 1. The second kappa shape index (κ2) is 9.20. The predicted octanol–water partition coefficient (Wildman–Crippen LogP) is 2.18. The Labute approximate surface area is 151 Å². The minimum atomic E-state index is -3.33. The predicted molar refractivity (Wildman–Crippen MR) is 102 cm³/mol. The van der Waals surface area contributed by atoms with E-state index in [1.165, 1.54) is 0 Å². The van der Waals surface area contributed by atoms with Crippen molar-refractivity contribution in [3.63, 3.8) is 0 Å². The molecule has 7 heteroatoms. The quantitative estimate of drug-likeness (QED) is 0.573. The van der Waals surface area contributed by atoms with Crippen molar-refractivity contribution in [3.8, 4) is 0 Å². The summed E-state index contributed by atoms with van der Waals surface area (Å²) < 4.78 is 26.6. The van der Waals surface area contributed by atoms with Crippen molar-refractivity contribution in [2.24, 2.45) is 10.9 Å². The Hall–Kier alpha value is -1.60. The number of hydrogen-bond donors (Lipinski definition) is 2. The average molecular weight is 367 g/mol. The summed E-state index contributed by atoms with van der Waals surface area (Å²) in [5, 5.41) is 6.53. The fraction of sp³-hybridized carbons (Fsp3) is 0.611. The highest BCUT2D eigenvalue weighted by atomic mass is 32.2. The van der Waals surface area contributed by atoms with Gasteiger partial charge in [-0.2, -0.15) is 4.31 Å². The zero-order valence-corrected chi connectivity index (χ0v) is 16.3. The number of hydrogen-bond acceptors (Lipinski definition) is 3. The molecule has 0 radical (unpaired) electrons. The van der Waals surface area contributed by atoms with Crippen LogP contribution in [-0.2, 0) is 16.6 Å². The molecule has 140 valence electrons. The molecular formula is C18H30N4O2S. The van der Waals surface area contributed by atoms with Gasteiger partial charge in [0, 0.05) is 33.2 Å². The maximum atomic E-state index is 12.5.